The molecule has 0 aliphatic carbocycles. The molecule has 0 N–H and O–H groups in total. The second kappa shape index (κ2) is 7.41. The Morgan fingerprint density at radius 2 is 1.73 bits per heavy atom. The van der Waals surface area contributed by atoms with Crippen molar-refractivity contribution in [3.05, 3.63) is 58.3 Å². The Labute approximate surface area is 160 Å². The van der Waals surface area contributed by atoms with Crippen LogP contribution in [-0.2, 0) is 0 Å². The summed E-state index contributed by atoms with van der Waals surface area (Å²) < 4.78 is 17.2. The molecule has 1 atom stereocenters. The topological polar surface area (TPSA) is 51.9 Å². The Morgan fingerprint density at radius 3 is 2.31 bits per heavy atom. The van der Waals surface area contributed by atoms with Gasteiger partial charge in [-0.2, -0.15) is 0 Å². The van der Waals surface area contributed by atoms with E-state index < -0.39 is 0 Å². The van der Waals surface area contributed by atoms with Crippen LogP contribution in [0.15, 0.2) is 51.4 Å². The number of carbonyl (C=O) groups excluding carboxylic acids is 1. The number of para-hydroxylation sites is 1. The standard InChI is InChI=1S/C20H20BrNO4/c1-12(16-9-13-7-5-6-8-15(13)26-16)22(2)20(23)14-10-17(24-3)19(21)18(11-14)25-4/h5-12H,1-4H3/t12-/m1/s1. The highest BCUT2D eigenvalue weighted by Crippen LogP contribution is 2.36. The molecule has 0 aliphatic rings. The van der Waals surface area contributed by atoms with Crippen LogP contribution in [0, 0.1) is 0 Å². The van der Waals surface area contributed by atoms with E-state index in [1.807, 2.05) is 37.3 Å². The maximum Gasteiger partial charge on any atom is 0.254 e. The van der Waals surface area contributed by atoms with E-state index in [1.165, 1.54) is 0 Å². The van der Waals surface area contributed by atoms with Crippen LogP contribution in [0.2, 0.25) is 0 Å². The molecule has 0 saturated heterocycles. The van der Waals surface area contributed by atoms with Crippen LogP contribution >= 0.6 is 15.9 Å². The summed E-state index contributed by atoms with van der Waals surface area (Å²) in [5.74, 6) is 1.66. The molecule has 0 spiro atoms. The minimum absolute atomic E-state index is 0.151. The minimum Gasteiger partial charge on any atom is -0.495 e. The minimum atomic E-state index is -0.226. The van der Waals surface area contributed by atoms with Crippen LogP contribution in [0.4, 0.5) is 0 Å². The van der Waals surface area contributed by atoms with Crippen LogP contribution in [0.3, 0.4) is 0 Å². The third-order valence-corrected chi connectivity index (χ3v) is 5.23. The molecule has 0 radical (unpaired) electrons. The van der Waals surface area contributed by atoms with Crippen LogP contribution in [0.25, 0.3) is 11.0 Å². The summed E-state index contributed by atoms with van der Waals surface area (Å²) >= 11 is 3.42. The second-order valence-electron chi connectivity index (χ2n) is 5.97. The SMILES string of the molecule is COc1cc(C(=O)N(C)[C@H](C)c2cc3ccccc3o2)cc(OC)c1Br. The molecule has 0 aliphatic heterocycles. The number of hydrogen-bond acceptors (Lipinski definition) is 4. The molecule has 26 heavy (non-hydrogen) atoms. The number of carbonyl (C=O) groups is 1. The summed E-state index contributed by atoms with van der Waals surface area (Å²) in [6, 6.07) is 12.9. The van der Waals surface area contributed by atoms with Crippen molar-refractivity contribution in [2.45, 2.75) is 13.0 Å². The number of ether oxygens (including phenoxy) is 2. The monoisotopic (exact) mass is 417 g/mol. The molecule has 2 aromatic carbocycles. The predicted octanol–water partition coefficient (Wildman–Crippen LogP) is 5.05. The van der Waals surface area contributed by atoms with Gasteiger partial charge in [0.05, 0.1) is 20.3 Å². The van der Waals surface area contributed by atoms with E-state index in [4.69, 9.17) is 13.9 Å². The van der Waals surface area contributed by atoms with E-state index in [-0.39, 0.29) is 11.9 Å². The molecular weight excluding hydrogens is 398 g/mol. The Morgan fingerprint density at radius 1 is 1.12 bits per heavy atom. The molecule has 0 bridgehead atoms. The van der Waals surface area contributed by atoms with Gasteiger partial charge in [0, 0.05) is 18.0 Å². The number of hydrogen-bond donors (Lipinski definition) is 0. The van der Waals surface area contributed by atoms with Gasteiger partial charge in [-0.3, -0.25) is 4.79 Å². The van der Waals surface area contributed by atoms with E-state index >= 15 is 0 Å². The van der Waals surface area contributed by atoms with Crippen molar-refractivity contribution in [1.29, 1.82) is 0 Å². The van der Waals surface area contributed by atoms with Crippen molar-refractivity contribution >= 4 is 32.8 Å². The fourth-order valence-corrected chi connectivity index (χ4v) is 3.32. The molecule has 1 heterocycles. The van der Waals surface area contributed by atoms with Gasteiger partial charge in [0.2, 0.25) is 0 Å². The van der Waals surface area contributed by atoms with Gasteiger partial charge in [-0.15, -0.1) is 0 Å². The molecule has 0 saturated carbocycles. The number of benzene rings is 2. The van der Waals surface area contributed by atoms with E-state index in [9.17, 15) is 4.79 Å². The predicted molar refractivity (Wildman–Crippen MR) is 104 cm³/mol. The number of amides is 1. The third kappa shape index (κ3) is 3.29. The Kier molecular flexibility index (Phi) is 5.23. The number of halogens is 1. The summed E-state index contributed by atoms with van der Waals surface area (Å²) in [4.78, 5) is 14.6. The average molecular weight is 418 g/mol. The molecule has 3 rings (SSSR count). The summed E-state index contributed by atoms with van der Waals surface area (Å²) in [6.07, 6.45) is 0. The van der Waals surface area contributed by atoms with Crippen LogP contribution < -0.4 is 9.47 Å². The Hall–Kier alpha value is -2.47. The van der Waals surface area contributed by atoms with E-state index in [2.05, 4.69) is 15.9 Å². The van der Waals surface area contributed by atoms with Gasteiger partial charge in [0.15, 0.2) is 0 Å². The molecule has 1 amide bonds. The van der Waals surface area contributed by atoms with Crippen LogP contribution in [0.1, 0.15) is 29.1 Å². The Balaban J connectivity index is 1.91. The summed E-state index contributed by atoms with van der Waals surface area (Å²) in [5.41, 5.74) is 1.29. The number of methoxy groups -OCH3 is 2. The maximum atomic E-state index is 13.0. The van der Waals surface area contributed by atoms with Gasteiger partial charge in [-0.05, 0) is 47.1 Å². The quantitative estimate of drug-likeness (QED) is 0.582. The molecule has 136 valence electrons. The third-order valence-electron chi connectivity index (χ3n) is 4.45. The highest BCUT2D eigenvalue weighted by atomic mass is 79.9. The van der Waals surface area contributed by atoms with Crippen molar-refractivity contribution in [1.82, 2.24) is 4.90 Å². The zero-order valence-electron chi connectivity index (χ0n) is 15.1. The van der Waals surface area contributed by atoms with E-state index in [0.717, 1.165) is 16.7 Å². The van der Waals surface area contributed by atoms with Crippen molar-refractivity contribution in [2.24, 2.45) is 0 Å². The number of fused-ring (bicyclic) bond motifs is 1. The normalized spacial score (nSPS) is 12.0. The van der Waals surface area contributed by atoms with Gasteiger partial charge in [0.25, 0.3) is 5.91 Å². The van der Waals surface area contributed by atoms with Crippen molar-refractivity contribution in [2.75, 3.05) is 21.3 Å². The molecule has 0 unspecified atom stereocenters. The van der Waals surface area contributed by atoms with E-state index in [0.29, 0.717) is 21.5 Å². The highest BCUT2D eigenvalue weighted by Gasteiger charge is 2.24. The van der Waals surface area contributed by atoms with E-state index in [1.54, 1.807) is 38.3 Å². The van der Waals surface area contributed by atoms with Gasteiger partial charge in [-0.25, -0.2) is 0 Å². The fraction of sp³-hybridized carbons (Fsp3) is 0.250. The summed E-state index contributed by atoms with van der Waals surface area (Å²) in [6.45, 7) is 1.93. The van der Waals surface area contributed by atoms with Gasteiger partial charge >= 0.3 is 0 Å². The lowest BCUT2D eigenvalue weighted by molar-refractivity contribution is 0.0726. The second-order valence-corrected chi connectivity index (χ2v) is 6.77. The fourth-order valence-electron chi connectivity index (χ4n) is 2.77. The average Bonchev–Trinajstić information content (AvgIpc) is 3.10. The number of nitrogens with zero attached hydrogens (tertiary/aromatic N) is 1. The van der Waals surface area contributed by atoms with Gasteiger partial charge < -0.3 is 18.8 Å². The molecule has 5 nitrogen and oxygen atoms in total. The molecular formula is C20H20BrNO4. The van der Waals surface area contributed by atoms with Gasteiger partial charge in [-0.1, -0.05) is 18.2 Å². The van der Waals surface area contributed by atoms with Crippen molar-refractivity contribution < 1.29 is 18.7 Å². The summed E-state index contributed by atoms with van der Waals surface area (Å²) in [5, 5.41) is 1.02. The summed E-state index contributed by atoms with van der Waals surface area (Å²) in [7, 11) is 4.85. The largest absolute Gasteiger partial charge is 0.495 e. The smallest absolute Gasteiger partial charge is 0.254 e. The van der Waals surface area contributed by atoms with Crippen LogP contribution in [-0.4, -0.2) is 32.1 Å². The lowest BCUT2D eigenvalue weighted by atomic mass is 10.1. The number of rotatable bonds is 5. The van der Waals surface area contributed by atoms with Crippen molar-refractivity contribution in [3.8, 4) is 11.5 Å². The first-order valence-corrected chi connectivity index (χ1v) is 8.92. The first kappa shape index (κ1) is 18.3. The molecule has 3 aromatic rings. The Bertz CT molecular complexity index is 892. The first-order valence-electron chi connectivity index (χ1n) is 8.13. The lowest BCUT2D eigenvalue weighted by Gasteiger charge is -2.24. The molecule has 1 aromatic heterocycles. The van der Waals surface area contributed by atoms with Crippen molar-refractivity contribution in [3.63, 3.8) is 0 Å². The lowest BCUT2D eigenvalue weighted by Crippen LogP contribution is -2.29. The highest BCUT2D eigenvalue weighted by molar-refractivity contribution is 9.10. The molecule has 6 heteroatoms. The number of furan rings is 1. The first-order chi connectivity index (χ1) is 12.5. The zero-order valence-corrected chi connectivity index (χ0v) is 16.7. The maximum absolute atomic E-state index is 13.0. The zero-order chi connectivity index (χ0) is 18.8. The van der Waals surface area contributed by atoms with Crippen LogP contribution in [0.5, 0.6) is 11.5 Å². The van der Waals surface area contributed by atoms with Gasteiger partial charge in [0.1, 0.15) is 27.3 Å². The molecule has 0 fully saturated rings.